The van der Waals surface area contributed by atoms with Crippen molar-refractivity contribution in [3.63, 3.8) is 0 Å². The van der Waals surface area contributed by atoms with E-state index in [9.17, 15) is 10.1 Å². The van der Waals surface area contributed by atoms with Gasteiger partial charge in [0.25, 0.3) is 0 Å². The van der Waals surface area contributed by atoms with E-state index in [0.29, 0.717) is 23.6 Å². The molecule has 0 atom stereocenters. The highest BCUT2D eigenvalue weighted by atomic mass is 16.1. The quantitative estimate of drug-likeness (QED) is 0.349. The fourth-order valence-corrected chi connectivity index (χ4v) is 4.47. The van der Waals surface area contributed by atoms with Gasteiger partial charge in [0.1, 0.15) is 6.07 Å². The SMILES string of the molecule is N#Cc1c(-c2c(CCCCN)[nH]c3ccccc23)[nH]c(=O)n1-c1cccc2ccccc12. The second kappa shape index (κ2) is 8.22. The van der Waals surface area contributed by atoms with Gasteiger partial charge in [-0.15, -0.1) is 0 Å². The van der Waals surface area contributed by atoms with Crippen molar-refractivity contribution in [1.29, 1.82) is 5.26 Å². The standard InChI is InChI=1S/C26H23N5O/c27-15-6-5-13-21-24(19-11-3-4-12-20(19)29-21)25-23(16-28)31(26(32)30-25)22-14-7-9-17-8-1-2-10-18(17)22/h1-4,7-12,14,29H,5-6,13,15,27H2,(H,30,32). The highest BCUT2D eigenvalue weighted by Gasteiger charge is 2.23. The number of nitrogens with one attached hydrogen (secondary N) is 2. The van der Waals surface area contributed by atoms with Crippen LogP contribution in [0.3, 0.4) is 0 Å². The van der Waals surface area contributed by atoms with E-state index < -0.39 is 0 Å². The molecule has 6 nitrogen and oxygen atoms in total. The number of nitriles is 1. The summed E-state index contributed by atoms with van der Waals surface area (Å²) in [7, 11) is 0. The van der Waals surface area contributed by atoms with Gasteiger partial charge in [-0.05, 0) is 43.3 Å². The van der Waals surface area contributed by atoms with Crippen LogP contribution in [-0.2, 0) is 6.42 Å². The van der Waals surface area contributed by atoms with Crippen LogP contribution in [-0.4, -0.2) is 21.1 Å². The molecule has 0 fully saturated rings. The van der Waals surface area contributed by atoms with Crippen LogP contribution in [0.25, 0.3) is 38.6 Å². The van der Waals surface area contributed by atoms with Crippen molar-refractivity contribution in [2.45, 2.75) is 19.3 Å². The first kappa shape index (κ1) is 19.9. The van der Waals surface area contributed by atoms with Gasteiger partial charge in [0.2, 0.25) is 0 Å². The van der Waals surface area contributed by atoms with Crippen molar-refractivity contribution >= 4 is 21.7 Å². The molecule has 0 saturated carbocycles. The Morgan fingerprint density at radius 2 is 1.66 bits per heavy atom. The smallest absolute Gasteiger partial charge is 0.331 e. The van der Waals surface area contributed by atoms with Crippen molar-refractivity contribution in [3.05, 3.63) is 88.6 Å². The Morgan fingerprint density at radius 1 is 0.906 bits per heavy atom. The lowest BCUT2D eigenvalue weighted by Crippen LogP contribution is -2.16. The molecule has 6 heteroatoms. The molecule has 0 spiro atoms. The number of para-hydroxylation sites is 1. The van der Waals surface area contributed by atoms with Gasteiger partial charge < -0.3 is 15.7 Å². The number of rotatable bonds is 6. The summed E-state index contributed by atoms with van der Waals surface area (Å²) in [4.78, 5) is 19.7. The maximum Gasteiger partial charge on any atom is 0.331 e. The van der Waals surface area contributed by atoms with E-state index in [1.165, 1.54) is 4.57 Å². The molecule has 0 aliphatic heterocycles. The van der Waals surface area contributed by atoms with E-state index in [2.05, 4.69) is 16.0 Å². The molecule has 0 aliphatic rings. The first-order chi connectivity index (χ1) is 15.7. The van der Waals surface area contributed by atoms with E-state index in [4.69, 9.17) is 5.73 Å². The van der Waals surface area contributed by atoms with Crippen LogP contribution in [0.2, 0.25) is 0 Å². The van der Waals surface area contributed by atoms with Crippen LogP contribution in [0.5, 0.6) is 0 Å². The molecule has 0 aliphatic carbocycles. The molecule has 4 N–H and O–H groups in total. The Balaban J connectivity index is 1.77. The van der Waals surface area contributed by atoms with Crippen LogP contribution in [0.15, 0.2) is 71.5 Å². The molecule has 0 amide bonds. The monoisotopic (exact) mass is 421 g/mol. The summed E-state index contributed by atoms with van der Waals surface area (Å²) < 4.78 is 1.49. The van der Waals surface area contributed by atoms with Gasteiger partial charge in [-0.25, -0.2) is 4.79 Å². The highest BCUT2D eigenvalue weighted by Crippen LogP contribution is 2.35. The molecule has 5 rings (SSSR count). The molecule has 5 aromatic rings. The number of H-pyrrole nitrogens is 2. The molecule has 158 valence electrons. The zero-order valence-corrected chi connectivity index (χ0v) is 17.6. The zero-order valence-electron chi connectivity index (χ0n) is 17.6. The van der Waals surface area contributed by atoms with Crippen LogP contribution in [0.4, 0.5) is 0 Å². The fourth-order valence-electron chi connectivity index (χ4n) is 4.47. The number of aryl methyl sites for hydroxylation is 1. The first-order valence-corrected chi connectivity index (χ1v) is 10.8. The Labute approximate surface area is 184 Å². The first-order valence-electron chi connectivity index (χ1n) is 10.8. The number of aromatic amines is 2. The van der Waals surface area contributed by atoms with Gasteiger partial charge in [0.15, 0.2) is 5.69 Å². The van der Waals surface area contributed by atoms with Gasteiger partial charge in [-0.2, -0.15) is 5.26 Å². The van der Waals surface area contributed by atoms with Crippen LogP contribution < -0.4 is 11.4 Å². The number of benzene rings is 3. The van der Waals surface area contributed by atoms with Crippen molar-refractivity contribution in [2.24, 2.45) is 5.73 Å². The van der Waals surface area contributed by atoms with E-state index in [0.717, 1.165) is 52.2 Å². The molecular formula is C26H23N5O. The Hall–Kier alpha value is -4.08. The Bertz CT molecular complexity index is 1520. The maximum atomic E-state index is 13.2. The highest BCUT2D eigenvalue weighted by molar-refractivity contribution is 5.98. The van der Waals surface area contributed by atoms with Crippen molar-refractivity contribution in [2.75, 3.05) is 6.54 Å². The average Bonchev–Trinajstić information content (AvgIpc) is 3.35. The van der Waals surface area contributed by atoms with Crippen LogP contribution >= 0.6 is 0 Å². The number of imidazole rings is 1. The minimum absolute atomic E-state index is 0.302. The molecule has 0 unspecified atom stereocenters. The number of hydrogen-bond acceptors (Lipinski definition) is 3. The van der Waals surface area contributed by atoms with E-state index in [1.54, 1.807) is 0 Å². The average molecular weight is 422 g/mol. The third-order valence-electron chi connectivity index (χ3n) is 5.92. The molecule has 0 bridgehead atoms. The second-order valence-electron chi connectivity index (χ2n) is 7.87. The second-order valence-corrected chi connectivity index (χ2v) is 7.87. The molecule has 32 heavy (non-hydrogen) atoms. The van der Waals surface area contributed by atoms with Crippen LogP contribution in [0, 0.1) is 11.3 Å². The molecule has 2 aromatic heterocycles. The largest absolute Gasteiger partial charge is 0.358 e. The maximum absolute atomic E-state index is 13.2. The molecule has 2 heterocycles. The van der Waals surface area contributed by atoms with Gasteiger partial charge in [-0.1, -0.05) is 54.6 Å². The van der Waals surface area contributed by atoms with Gasteiger partial charge in [0, 0.05) is 27.5 Å². The van der Waals surface area contributed by atoms with Crippen LogP contribution in [0.1, 0.15) is 24.2 Å². The van der Waals surface area contributed by atoms with E-state index in [1.807, 2.05) is 66.7 Å². The van der Waals surface area contributed by atoms with Gasteiger partial charge in [0.05, 0.1) is 11.4 Å². The third kappa shape index (κ3) is 3.20. The lowest BCUT2D eigenvalue weighted by molar-refractivity contribution is 0.737. The predicted molar refractivity (Wildman–Crippen MR) is 128 cm³/mol. The lowest BCUT2D eigenvalue weighted by atomic mass is 10.0. The minimum atomic E-state index is -0.328. The molecule has 0 radical (unpaired) electrons. The molecule has 3 aromatic carbocycles. The summed E-state index contributed by atoms with van der Waals surface area (Å²) in [5, 5.41) is 13.1. The summed E-state index contributed by atoms with van der Waals surface area (Å²) in [5.41, 5.74) is 9.77. The number of hydrogen-bond donors (Lipinski definition) is 3. The number of unbranched alkanes of at least 4 members (excludes halogenated alkanes) is 1. The number of fused-ring (bicyclic) bond motifs is 2. The summed E-state index contributed by atoms with van der Waals surface area (Å²) >= 11 is 0. The third-order valence-corrected chi connectivity index (χ3v) is 5.92. The number of nitrogens with two attached hydrogens (primary N) is 1. The number of aromatic nitrogens is 3. The minimum Gasteiger partial charge on any atom is -0.358 e. The normalized spacial score (nSPS) is 11.2. The topological polar surface area (TPSA) is 103 Å². The molecular weight excluding hydrogens is 398 g/mol. The molecule has 0 saturated heterocycles. The van der Waals surface area contributed by atoms with Crippen molar-refractivity contribution in [1.82, 2.24) is 14.5 Å². The van der Waals surface area contributed by atoms with E-state index in [-0.39, 0.29) is 5.69 Å². The lowest BCUT2D eigenvalue weighted by Gasteiger charge is -2.08. The summed E-state index contributed by atoms with van der Waals surface area (Å²) in [6, 6.07) is 23.9. The summed E-state index contributed by atoms with van der Waals surface area (Å²) in [5.74, 6) is 0. The zero-order chi connectivity index (χ0) is 22.1. The summed E-state index contributed by atoms with van der Waals surface area (Å²) in [6.45, 7) is 0.632. The summed E-state index contributed by atoms with van der Waals surface area (Å²) in [6.07, 6.45) is 2.62. The van der Waals surface area contributed by atoms with Crippen molar-refractivity contribution in [3.8, 4) is 23.0 Å². The Kier molecular flexibility index (Phi) is 5.10. The van der Waals surface area contributed by atoms with E-state index >= 15 is 0 Å². The van der Waals surface area contributed by atoms with Gasteiger partial charge in [-0.3, -0.25) is 4.57 Å². The predicted octanol–water partition coefficient (Wildman–Crippen LogP) is 4.62. The number of nitrogens with zero attached hydrogens (tertiary/aromatic N) is 2. The van der Waals surface area contributed by atoms with Gasteiger partial charge >= 0.3 is 5.69 Å². The Morgan fingerprint density at radius 3 is 2.47 bits per heavy atom. The fraction of sp³-hybridized carbons (Fsp3) is 0.154. The van der Waals surface area contributed by atoms with Crippen molar-refractivity contribution < 1.29 is 0 Å².